The van der Waals surface area contributed by atoms with E-state index < -0.39 is 11.5 Å². The quantitative estimate of drug-likeness (QED) is 0.578. The van der Waals surface area contributed by atoms with Crippen molar-refractivity contribution in [2.45, 2.75) is 38.4 Å². The lowest BCUT2D eigenvalue weighted by Crippen LogP contribution is -2.32. The van der Waals surface area contributed by atoms with E-state index in [1.165, 1.54) is 12.1 Å². The zero-order chi connectivity index (χ0) is 22.0. The van der Waals surface area contributed by atoms with Crippen LogP contribution < -0.4 is 10.5 Å². The fourth-order valence-electron chi connectivity index (χ4n) is 3.64. The van der Waals surface area contributed by atoms with Gasteiger partial charge in [0.25, 0.3) is 5.91 Å². The van der Waals surface area contributed by atoms with Crippen molar-refractivity contribution in [3.05, 3.63) is 77.5 Å². The van der Waals surface area contributed by atoms with E-state index >= 15 is 0 Å². The van der Waals surface area contributed by atoms with E-state index in [0.29, 0.717) is 22.5 Å². The molecule has 7 heteroatoms. The maximum absolute atomic E-state index is 13.5. The fourth-order valence-corrected chi connectivity index (χ4v) is 3.64. The van der Waals surface area contributed by atoms with Crippen molar-refractivity contribution in [3.63, 3.8) is 0 Å². The summed E-state index contributed by atoms with van der Waals surface area (Å²) in [7, 11) is 0. The van der Waals surface area contributed by atoms with Crippen LogP contribution in [0.25, 0.3) is 11.1 Å². The Morgan fingerprint density at radius 2 is 2.00 bits per heavy atom. The number of halogens is 1. The molecule has 1 atom stereocenters. The van der Waals surface area contributed by atoms with Gasteiger partial charge < -0.3 is 15.6 Å². The minimum Gasteiger partial charge on any atom is -0.471 e. The van der Waals surface area contributed by atoms with Crippen molar-refractivity contribution in [1.29, 1.82) is 0 Å². The lowest BCUT2D eigenvalue weighted by atomic mass is 9.91. The number of primary amides is 1. The summed E-state index contributed by atoms with van der Waals surface area (Å²) in [5.41, 5.74) is 7.09. The van der Waals surface area contributed by atoms with Crippen molar-refractivity contribution in [3.8, 4) is 17.0 Å². The number of aliphatic hydroxyl groups is 1. The number of carbonyl (C=O) groups is 1. The second-order valence-corrected chi connectivity index (χ2v) is 8.12. The SMILES string of the molecule is C[C@@](O)(Cc1nc(OCc2ccccn2)c(-c2ccc(F)cc2)cc1C(N)=O)C1CC1. The second kappa shape index (κ2) is 8.43. The Hall–Kier alpha value is -3.32. The molecule has 3 aromatic rings. The lowest BCUT2D eigenvalue weighted by Gasteiger charge is -2.24. The third kappa shape index (κ3) is 4.88. The van der Waals surface area contributed by atoms with Crippen LogP contribution in [0, 0.1) is 11.7 Å². The first-order valence-electron chi connectivity index (χ1n) is 10.2. The van der Waals surface area contributed by atoms with E-state index in [0.717, 1.165) is 12.8 Å². The molecule has 0 aliphatic heterocycles. The van der Waals surface area contributed by atoms with Gasteiger partial charge in [0.05, 0.1) is 22.6 Å². The molecule has 1 aromatic carbocycles. The Balaban J connectivity index is 1.76. The zero-order valence-electron chi connectivity index (χ0n) is 17.2. The highest BCUT2D eigenvalue weighted by molar-refractivity contribution is 5.95. The molecule has 0 unspecified atom stereocenters. The highest BCUT2D eigenvalue weighted by Crippen LogP contribution is 2.42. The van der Waals surface area contributed by atoms with Crippen molar-refractivity contribution in [2.75, 3.05) is 0 Å². The van der Waals surface area contributed by atoms with E-state index in [4.69, 9.17) is 10.5 Å². The highest BCUT2D eigenvalue weighted by atomic mass is 19.1. The van der Waals surface area contributed by atoms with Crippen LogP contribution in [0.2, 0.25) is 0 Å². The van der Waals surface area contributed by atoms with Gasteiger partial charge in [0.2, 0.25) is 5.88 Å². The van der Waals surface area contributed by atoms with Crippen LogP contribution in [0.1, 0.15) is 41.5 Å². The van der Waals surface area contributed by atoms with E-state index in [-0.39, 0.29) is 36.2 Å². The highest BCUT2D eigenvalue weighted by Gasteiger charge is 2.41. The molecule has 0 bridgehead atoms. The molecule has 2 aromatic heterocycles. The van der Waals surface area contributed by atoms with Gasteiger partial charge in [-0.3, -0.25) is 9.78 Å². The number of carbonyl (C=O) groups excluding carboxylic acids is 1. The molecule has 1 amide bonds. The summed E-state index contributed by atoms with van der Waals surface area (Å²) in [5, 5.41) is 10.8. The Kier molecular flexibility index (Phi) is 5.69. The van der Waals surface area contributed by atoms with Gasteiger partial charge in [-0.15, -0.1) is 0 Å². The van der Waals surface area contributed by atoms with Crippen molar-refractivity contribution < 1.29 is 19.0 Å². The first-order valence-corrected chi connectivity index (χ1v) is 10.2. The molecule has 6 nitrogen and oxygen atoms in total. The summed E-state index contributed by atoms with van der Waals surface area (Å²) in [6.07, 6.45) is 3.73. The van der Waals surface area contributed by atoms with Gasteiger partial charge in [0.15, 0.2) is 0 Å². The van der Waals surface area contributed by atoms with Gasteiger partial charge in [0.1, 0.15) is 12.4 Å². The number of nitrogens with two attached hydrogens (primary N) is 1. The second-order valence-electron chi connectivity index (χ2n) is 8.12. The number of ether oxygens (including phenoxy) is 1. The Labute approximate surface area is 179 Å². The molecule has 31 heavy (non-hydrogen) atoms. The smallest absolute Gasteiger partial charge is 0.250 e. The molecule has 1 fully saturated rings. The molecule has 1 saturated carbocycles. The topological polar surface area (TPSA) is 98.3 Å². The third-order valence-electron chi connectivity index (χ3n) is 5.55. The molecule has 1 aliphatic carbocycles. The molecule has 4 rings (SSSR count). The monoisotopic (exact) mass is 421 g/mol. The number of pyridine rings is 2. The van der Waals surface area contributed by atoms with Crippen LogP contribution in [0.15, 0.2) is 54.7 Å². The summed E-state index contributed by atoms with van der Waals surface area (Å²) in [5.74, 6) is -0.581. The van der Waals surface area contributed by atoms with Crippen LogP contribution >= 0.6 is 0 Å². The number of amides is 1. The van der Waals surface area contributed by atoms with Crippen LogP contribution in [0.4, 0.5) is 4.39 Å². The van der Waals surface area contributed by atoms with Crippen molar-refractivity contribution >= 4 is 5.91 Å². The number of hydrogen-bond acceptors (Lipinski definition) is 5. The maximum Gasteiger partial charge on any atom is 0.250 e. The molecule has 0 saturated heterocycles. The van der Waals surface area contributed by atoms with Gasteiger partial charge in [0, 0.05) is 18.2 Å². The number of nitrogens with zero attached hydrogens (tertiary/aromatic N) is 2. The fraction of sp³-hybridized carbons (Fsp3) is 0.292. The minimum absolute atomic E-state index is 0.163. The molecular weight excluding hydrogens is 397 g/mol. The summed E-state index contributed by atoms with van der Waals surface area (Å²) >= 11 is 0. The summed E-state index contributed by atoms with van der Waals surface area (Å²) in [4.78, 5) is 21.1. The number of rotatable bonds is 8. The molecule has 0 radical (unpaired) electrons. The third-order valence-corrected chi connectivity index (χ3v) is 5.55. The van der Waals surface area contributed by atoms with Gasteiger partial charge in [-0.05, 0) is 61.6 Å². The predicted octanol–water partition coefficient (Wildman–Crippen LogP) is 3.66. The van der Waals surface area contributed by atoms with E-state index in [2.05, 4.69) is 9.97 Å². The standard InChI is InChI=1S/C24H24FN3O3/c1-24(30,16-7-8-16)13-21-20(22(26)29)12-19(15-5-9-17(25)10-6-15)23(28-21)31-14-18-4-2-3-11-27-18/h2-6,9-12,16,30H,7-8,13-14H2,1H3,(H2,26,29)/t24-/m1/s1. The average Bonchev–Trinajstić information content (AvgIpc) is 3.59. The largest absolute Gasteiger partial charge is 0.471 e. The van der Waals surface area contributed by atoms with Gasteiger partial charge in [-0.25, -0.2) is 9.37 Å². The van der Waals surface area contributed by atoms with Crippen LogP contribution in [0.5, 0.6) is 5.88 Å². The first kappa shape index (κ1) is 20.9. The molecule has 2 heterocycles. The molecule has 3 N–H and O–H groups in total. The summed E-state index contributed by atoms with van der Waals surface area (Å²) in [6, 6.07) is 12.9. The van der Waals surface area contributed by atoms with Crippen molar-refractivity contribution in [1.82, 2.24) is 9.97 Å². The maximum atomic E-state index is 13.5. The van der Waals surface area contributed by atoms with E-state index in [1.54, 1.807) is 31.3 Å². The van der Waals surface area contributed by atoms with Crippen molar-refractivity contribution in [2.24, 2.45) is 11.7 Å². The number of aromatic nitrogens is 2. The Bertz CT molecular complexity index is 1080. The normalized spacial score (nSPS) is 15.3. The van der Waals surface area contributed by atoms with Crippen LogP contribution in [-0.4, -0.2) is 26.6 Å². The van der Waals surface area contributed by atoms with Gasteiger partial charge >= 0.3 is 0 Å². The van der Waals surface area contributed by atoms with Crippen LogP contribution in [-0.2, 0) is 13.0 Å². The molecule has 160 valence electrons. The minimum atomic E-state index is -0.993. The van der Waals surface area contributed by atoms with Gasteiger partial charge in [-0.2, -0.15) is 0 Å². The average molecular weight is 421 g/mol. The number of benzene rings is 1. The Morgan fingerprint density at radius 1 is 1.26 bits per heavy atom. The summed E-state index contributed by atoms with van der Waals surface area (Å²) < 4.78 is 19.4. The van der Waals surface area contributed by atoms with Crippen LogP contribution in [0.3, 0.4) is 0 Å². The molecular formula is C24H24FN3O3. The first-order chi connectivity index (χ1) is 14.8. The lowest BCUT2D eigenvalue weighted by molar-refractivity contribution is 0.0359. The molecule has 0 spiro atoms. The number of hydrogen-bond donors (Lipinski definition) is 2. The zero-order valence-corrected chi connectivity index (χ0v) is 17.2. The Morgan fingerprint density at radius 3 is 2.61 bits per heavy atom. The van der Waals surface area contributed by atoms with Gasteiger partial charge in [-0.1, -0.05) is 18.2 Å². The molecule has 1 aliphatic rings. The predicted molar refractivity (Wildman–Crippen MR) is 114 cm³/mol. The summed E-state index contributed by atoms with van der Waals surface area (Å²) in [6.45, 7) is 1.91. The van der Waals surface area contributed by atoms with E-state index in [1.807, 2.05) is 18.2 Å². The van der Waals surface area contributed by atoms with E-state index in [9.17, 15) is 14.3 Å².